The quantitative estimate of drug-likeness (QED) is 0.788. The monoisotopic (exact) mass is 332 g/mol. The number of aromatic nitrogens is 1. The Morgan fingerprint density at radius 1 is 1.13 bits per heavy atom. The van der Waals surface area contributed by atoms with Crippen LogP contribution in [0.2, 0.25) is 0 Å². The lowest BCUT2D eigenvalue weighted by molar-refractivity contribution is 0.233. The van der Waals surface area contributed by atoms with Gasteiger partial charge in [-0.1, -0.05) is 30.0 Å². The summed E-state index contributed by atoms with van der Waals surface area (Å²) < 4.78 is 5.94. The number of thioether (sulfide) groups is 1. The van der Waals surface area contributed by atoms with Gasteiger partial charge < -0.3 is 10.5 Å². The Morgan fingerprint density at radius 3 is 2.30 bits per heavy atom. The van der Waals surface area contributed by atoms with Crippen molar-refractivity contribution in [1.29, 1.82) is 0 Å². The maximum absolute atomic E-state index is 6.37. The van der Waals surface area contributed by atoms with Crippen LogP contribution in [-0.2, 0) is 0 Å². The van der Waals surface area contributed by atoms with Crippen LogP contribution in [0, 0.1) is 6.92 Å². The normalized spacial score (nSPS) is 12.9. The highest BCUT2D eigenvalue weighted by molar-refractivity contribution is 8.00. The van der Waals surface area contributed by atoms with Crippen LogP contribution in [0.3, 0.4) is 0 Å². The highest BCUT2D eigenvalue weighted by Crippen LogP contribution is 2.44. The van der Waals surface area contributed by atoms with Gasteiger partial charge in [-0.2, -0.15) is 0 Å². The van der Waals surface area contributed by atoms with Crippen LogP contribution in [0.4, 0.5) is 0 Å². The Hall–Kier alpha value is -1.26. The Morgan fingerprint density at radius 2 is 1.74 bits per heavy atom. The molecule has 0 bridgehead atoms. The van der Waals surface area contributed by atoms with Crippen molar-refractivity contribution in [2.24, 2.45) is 5.73 Å². The van der Waals surface area contributed by atoms with Crippen molar-refractivity contribution < 1.29 is 4.74 Å². The van der Waals surface area contributed by atoms with Crippen molar-refractivity contribution in [1.82, 2.24) is 4.98 Å². The Labute approximate surface area is 144 Å². The van der Waals surface area contributed by atoms with Gasteiger partial charge in [-0.3, -0.25) is 0 Å². The van der Waals surface area contributed by atoms with E-state index in [1.807, 2.05) is 32.0 Å². The van der Waals surface area contributed by atoms with Gasteiger partial charge in [-0.15, -0.1) is 0 Å². The molecule has 3 nitrogen and oxygen atoms in total. The molecule has 2 rings (SSSR count). The molecule has 0 radical (unpaired) electrons. The zero-order valence-corrected chi connectivity index (χ0v) is 16.0. The van der Waals surface area contributed by atoms with Crippen LogP contribution >= 0.6 is 11.8 Å². The molecule has 0 fully saturated rings. The maximum Gasteiger partial charge on any atom is 0.155 e. The number of hydrogen-bond donors (Lipinski definition) is 1. The minimum Gasteiger partial charge on any atom is -0.488 e. The lowest BCUT2D eigenvalue weighted by atomic mass is 9.91. The molecule has 0 saturated carbocycles. The number of hydrogen-bond acceptors (Lipinski definition) is 4. The zero-order valence-electron chi connectivity index (χ0n) is 15.2. The van der Waals surface area contributed by atoms with Crippen LogP contribution in [0.1, 0.15) is 47.1 Å². The van der Waals surface area contributed by atoms with Gasteiger partial charge in [0.15, 0.2) is 5.75 Å². The average molecular weight is 333 g/mol. The molecule has 2 aromatic rings. The molecule has 1 aromatic heterocycles. The molecular weight excluding hydrogens is 304 g/mol. The summed E-state index contributed by atoms with van der Waals surface area (Å²) in [6.07, 6.45) is 0.102. The molecule has 23 heavy (non-hydrogen) atoms. The Bertz CT molecular complexity index is 702. The van der Waals surface area contributed by atoms with E-state index in [1.165, 1.54) is 0 Å². The van der Waals surface area contributed by atoms with Gasteiger partial charge >= 0.3 is 0 Å². The van der Waals surface area contributed by atoms with E-state index in [1.54, 1.807) is 11.8 Å². The summed E-state index contributed by atoms with van der Waals surface area (Å²) in [5.41, 5.74) is 8.17. The summed E-state index contributed by atoms with van der Waals surface area (Å²) >= 11 is 1.69. The van der Waals surface area contributed by atoms with Gasteiger partial charge in [-0.05, 0) is 54.5 Å². The van der Waals surface area contributed by atoms with E-state index in [0.717, 1.165) is 27.2 Å². The third kappa shape index (κ3) is 3.81. The van der Waals surface area contributed by atoms with Gasteiger partial charge in [-0.25, -0.2) is 4.98 Å². The van der Waals surface area contributed by atoms with E-state index >= 15 is 0 Å². The van der Waals surface area contributed by atoms with E-state index in [2.05, 4.69) is 40.7 Å². The van der Waals surface area contributed by atoms with Gasteiger partial charge in [0.25, 0.3) is 0 Å². The standard InChI is InChI=1S/C19H28N2OS/c1-12(2)22-16-13(3)14-10-8-9-11-15(14)21-17(16)23-19(6,7)18(4,5)20/h8-12H,20H2,1-7H3. The van der Waals surface area contributed by atoms with E-state index in [4.69, 9.17) is 15.5 Å². The topological polar surface area (TPSA) is 48.1 Å². The van der Waals surface area contributed by atoms with Crippen molar-refractivity contribution in [3.8, 4) is 5.75 Å². The molecule has 0 aliphatic rings. The first-order valence-corrected chi connectivity index (χ1v) is 8.88. The lowest BCUT2D eigenvalue weighted by Gasteiger charge is -2.38. The molecule has 0 amide bonds. The Balaban J connectivity index is 2.61. The smallest absolute Gasteiger partial charge is 0.155 e. The fourth-order valence-electron chi connectivity index (χ4n) is 2.15. The molecule has 0 spiro atoms. The molecule has 4 heteroatoms. The van der Waals surface area contributed by atoms with Crippen LogP contribution in [0.15, 0.2) is 29.3 Å². The molecule has 0 aliphatic heterocycles. The van der Waals surface area contributed by atoms with Gasteiger partial charge in [0.05, 0.1) is 11.6 Å². The number of aryl methyl sites for hydroxylation is 1. The van der Waals surface area contributed by atoms with Crippen LogP contribution in [0.5, 0.6) is 5.75 Å². The van der Waals surface area contributed by atoms with E-state index in [-0.39, 0.29) is 16.4 Å². The molecule has 126 valence electrons. The second kappa shape index (κ2) is 6.33. The van der Waals surface area contributed by atoms with Crippen molar-refractivity contribution in [2.45, 2.75) is 69.9 Å². The molecule has 1 heterocycles. The number of benzene rings is 1. The summed E-state index contributed by atoms with van der Waals surface area (Å²) in [5, 5.41) is 2.05. The van der Waals surface area contributed by atoms with Crippen LogP contribution in [0.25, 0.3) is 10.9 Å². The minimum absolute atomic E-state index is 0.102. The highest BCUT2D eigenvalue weighted by atomic mass is 32.2. The summed E-state index contributed by atoms with van der Waals surface area (Å²) in [6, 6.07) is 8.20. The second-order valence-corrected chi connectivity index (χ2v) is 9.00. The summed E-state index contributed by atoms with van der Waals surface area (Å²) in [6.45, 7) is 14.6. The predicted molar refractivity (Wildman–Crippen MR) is 100 cm³/mol. The molecular formula is C19H28N2OS. The number of nitrogens with zero attached hydrogens (tertiary/aromatic N) is 1. The predicted octanol–water partition coefficient (Wildman–Crippen LogP) is 4.94. The third-order valence-corrected chi connectivity index (χ3v) is 5.83. The number of fused-ring (bicyclic) bond motifs is 1. The fraction of sp³-hybridized carbons (Fsp3) is 0.526. The largest absolute Gasteiger partial charge is 0.488 e. The molecule has 1 aromatic carbocycles. The Kier molecular flexibility index (Phi) is 4.97. The van der Waals surface area contributed by atoms with E-state index in [9.17, 15) is 0 Å². The van der Waals surface area contributed by atoms with E-state index in [0.29, 0.717) is 0 Å². The maximum atomic E-state index is 6.37. The zero-order chi connectivity index (χ0) is 17.4. The summed E-state index contributed by atoms with van der Waals surface area (Å²) in [5.74, 6) is 0.876. The lowest BCUT2D eigenvalue weighted by Crippen LogP contribution is -2.50. The van der Waals surface area contributed by atoms with Crippen molar-refractivity contribution in [3.05, 3.63) is 29.8 Å². The first kappa shape index (κ1) is 18.1. The van der Waals surface area contributed by atoms with E-state index < -0.39 is 0 Å². The molecule has 0 saturated heterocycles. The summed E-state index contributed by atoms with van der Waals surface area (Å²) in [7, 11) is 0. The highest BCUT2D eigenvalue weighted by Gasteiger charge is 2.36. The number of para-hydroxylation sites is 1. The second-order valence-electron chi connectivity index (χ2n) is 7.39. The van der Waals surface area contributed by atoms with Gasteiger partial charge in [0, 0.05) is 21.2 Å². The molecule has 2 N–H and O–H groups in total. The van der Waals surface area contributed by atoms with Crippen molar-refractivity contribution >= 4 is 22.7 Å². The first-order valence-electron chi connectivity index (χ1n) is 8.07. The first-order chi connectivity index (χ1) is 10.5. The number of pyridine rings is 1. The van der Waals surface area contributed by atoms with Crippen LogP contribution in [-0.4, -0.2) is 21.4 Å². The third-order valence-electron chi connectivity index (χ3n) is 4.32. The average Bonchev–Trinajstić information content (AvgIpc) is 2.41. The number of rotatable bonds is 5. The fourth-order valence-corrected chi connectivity index (χ4v) is 3.33. The van der Waals surface area contributed by atoms with Crippen LogP contribution < -0.4 is 10.5 Å². The summed E-state index contributed by atoms with van der Waals surface area (Å²) in [4.78, 5) is 4.87. The molecule has 0 unspecified atom stereocenters. The van der Waals surface area contributed by atoms with Crippen molar-refractivity contribution in [3.63, 3.8) is 0 Å². The molecule has 0 aliphatic carbocycles. The number of nitrogens with two attached hydrogens (primary N) is 1. The van der Waals surface area contributed by atoms with Gasteiger partial charge in [0.2, 0.25) is 0 Å². The number of ether oxygens (including phenoxy) is 1. The van der Waals surface area contributed by atoms with Gasteiger partial charge in [0.1, 0.15) is 5.03 Å². The molecule has 0 atom stereocenters. The minimum atomic E-state index is -0.339. The SMILES string of the molecule is Cc1c(OC(C)C)c(SC(C)(C)C(C)(C)N)nc2ccccc12. The van der Waals surface area contributed by atoms with Crippen molar-refractivity contribution in [2.75, 3.05) is 0 Å².